The van der Waals surface area contributed by atoms with Gasteiger partial charge in [0.15, 0.2) is 12.3 Å². The van der Waals surface area contributed by atoms with E-state index in [0.717, 1.165) is 18.1 Å². The van der Waals surface area contributed by atoms with E-state index >= 15 is 0 Å². The van der Waals surface area contributed by atoms with Gasteiger partial charge < -0.3 is 23.7 Å². The molecule has 0 amide bonds. The minimum absolute atomic E-state index is 0.0304. The second-order valence-corrected chi connectivity index (χ2v) is 11.1. The summed E-state index contributed by atoms with van der Waals surface area (Å²) in [6.07, 6.45) is 11.6. The molecule has 1 aliphatic carbocycles. The summed E-state index contributed by atoms with van der Waals surface area (Å²) in [6, 6.07) is 12.4. The number of carbonyl (C=O) groups excluding carboxylic acids is 3. The van der Waals surface area contributed by atoms with Crippen molar-refractivity contribution in [2.75, 3.05) is 26.4 Å². The fourth-order valence-corrected chi connectivity index (χ4v) is 5.35. The van der Waals surface area contributed by atoms with E-state index in [1.807, 2.05) is 18.2 Å². The molecule has 1 atom stereocenters. The molecule has 2 aromatic carbocycles. The number of rotatable bonds is 19. The highest BCUT2D eigenvalue weighted by atomic mass is 16.6. The van der Waals surface area contributed by atoms with Crippen LogP contribution in [-0.2, 0) is 23.8 Å². The normalized spacial score (nSPS) is 16.6. The van der Waals surface area contributed by atoms with E-state index in [-0.39, 0.29) is 19.8 Å². The molecule has 1 saturated carbocycles. The second-order valence-electron chi connectivity index (χ2n) is 11.1. The van der Waals surface area contributed by atoms with Crippen LogP contribution in [0.5, 0.6) is 11.5 Å². The third kappa shape index (κ3) is 12.0. The molecule has 0 spiro atoms. The minimum atomic E-state index is -0.681. The first-order chi connectivity index (χ1) is 21.9. The molecule has 9 heteroatoms. The maximum atomic E-state index is 12.9. The van der Waals surface area contributed by atoms with Crippen LogP contribution in [0, 0.1) is 5.92 Å². The van der Waals surface area contributed by atoms with Gasteiger partial charge >= 0.3 is 17.9 Å². The fraction of sp³-hybridized carbons (Fsp3) is 0.444. The zero-order valence-electron chi connectivity index (χ0n) is 26.2. The summed E-state index contributed by atoms with van der Waals surface area (Å²) in [6.45, 7) is 9.82. The van der Waals surface area contributed by atoms with E-state index in [2.05, 4.69) is 20.1 Å². The maximum Gasteiger partial charge on any atom is 0.343 e. The Bertz CT molecular complexity index is 1280. The van der Waals surface area contributed by atoms with E-state index in [9.17, 15) is 14.4 Å². The highest BCUT2D eigenvalue weighted by Crippen LogP contribution is 2.38. The topological polar surface area (TPSA) is 123 Å². The Labute approximate surface area is 266 Å². The zero-order chi connectivity index (χ0) is 32.4. The van der Waals surface area contributed by atoms with E-state index in [0.29, 0.717) is 48.0 Å². The van der Waals surface area contributed by atoms with Gasteiger partial charge in [-0.2, -0.15) is 0 Å². The molecule has 0 radical (unpaired) electrons. The Kier molecular flexibility index (Phi) is 15.0. The number of ether oxygens (including phenoxy) is 5. The highest BCUT2D eigenvalue weighted by Gasteiger charge is 2.23. The molecule has 2 N–H and O–H groups in total. The number of unbranched alkanes of at least 4 members (excludes halogenated alkanes) is 1. The van der Waals surface area contributed by atoms with Crippen LogP contribution in [-0.4, -0.2) is 56.7 Å². The zero-order valence-corrected chi connectivity index (χ0v) is 26.2. The minimum Gasteiger partial charge on any atom is -0.490 e. The Morgan fingerprint density at radius 1 is 0.933 bits per heavy atom. The molecule has 2 aromatic rings. The van der Waals surface area contributed by atoms with E-state index < -0.39 is 24.0 Å². The summed E-state index contributed by atoms with van der Waals surface area (Å²) < 4.78 is 27.4. The van der Waals surface area contributed by atoms with Crippen molar-refractivity contribution in [1.29, 1.82) is 0 Å². The number of esters is 3. The van der Waals surface area contributed by atoms with Crippen LogP contribution >= 0.6 is 0 Å². The van der Waals surface area contributed by atoms with Crippen molar-refractivity contribution in [3.8, 4) is 11.5 Å². The lowest BCUT2D eigenvalue weighted by atomic mass is 9.77. The Morgan fingerprint density at radius 2 is 1.64 bits per heavy atom. The number of hydrogen-bond donors (Lipinski definition) is 1. The van der Waals surface area contributed by atoms with Crippen LogP contribution in [0.15, 0.2) is 67.8 Å². The van der Waals surface area contributed by atoms with Gasteiger partial charge in [0.2, 0.25) is 0 Å². The molecule has 1 aliphatic rings. The van der Waals surface area contributed by atoms with Gasteiger partial charge in [-0.05, 0) is 92.3 Å². The maximum absolute atomic E-state index is 12.9. The number of benzene rings is 2. The number of carbonyl (C=O) groups is 3. The third-order valence-corrected chi connectivity index (χ3v) is 7.80. The Hall–Kier alpha value is -4.24. The van der Waals surface area contributed by atoms with Gasteiger partial charge in [-0.1, -0.05) is 39.0 Å². The summed E-state index contributed by atoms with van der Waals surface area (Å²) >= 11 is 0. The van der Waals surface area contributed by atoms with Gasteiger partial charge in [-0.25, -0.2) is 14.4 Å². The molecule has 0 heterocycles. The van der Waals surface area contributed by atoms with Crippen molar-refractivity contribution in [2.45, 2.75) is 70.3 Å². The van der Waals surface area contributed by atoms with Crippen LogP contribution < -0.4 is 14.9 Å². The molecule has 45 heavy (non-hydrogen) atoms. The summed E-state index contributed by atoms with van der Waals surface area (Å²) in [7, 11) is 0. The highest BCUT2D eigenvalue weighted by molar-refractivity contribution is 5.92. The lowest BCUT2D eigenvalue weighted by Gasteiger charge is -2.28. The summed E-state index contributed by atoms with van der Waals surface area (Å²) in [4.78, 5) is 35.8. The van der Waals surface area contributed by atoms with E-state index in [1.54, 1.807) is 24.3 Å². The molecule has 9 nitrogen and oxygen atoms in total. The molecule has 0 saturated heterocycles. The molecule has 0 aromatic heterocycles. The van der Waals surface area contributed by atoms with E-state index in [1.165, 1.54) is 50.3 Å². The van der Waals surface area contributed by atoms with Gasteiger partial charge in [0.25, 0.3) is 0 Å². The van der Waals surface area contributed by atoms with Crippen molar-refractivity contribution in [2.24, 2.45) is 5.92 Å². The first-order valence-electron chi connectivity index (χ1n) is 15.7. The van der Waals surface area contributed by atoms with Gasteiger partial charge in [-0.15, -0.1) is 0 Å². The molecule has 1 unspecified atom stereocenters. The lowest BCUT2D eigenvalue weighted by Crippen LogP contribution is -2.30. The number of hydrogen-bond acceptors (Lipinski definition) is 8. The standard InChI is InChI=1S/C36H45NO8/c1-4-9-26-10-12-27(13-11-26)29-16-19-33(30(22-29)23-37)45-36(40)28-14-17-31(18-15-28)43-25-32(44-35(39)6-3)24-41-20-7-8-21-42-34(38)5-2/h5-6,14-19,22-23,26-27,32,37H,2-4,7-13,20-21,24-25H2,1H3/p+1. The second kappa shape index (κ2) is 19.2. The predicted molar refractivity (Wildman–Crippen MR) is 171 cm³/mol. The van der Waals surface area contributed by atoms with Crippen LogP contribution in [0.3, 0.4) is 0 Å². The largest absolute Gasteiger partial charge is 0.490 e. The molecule has 3 rings (SSSR count). The van der Waals surface area contributed by atoms with Gasteiger partial charge in [0.1, 0.15) is 18.1 Å². The average molecular weight is 621 g/mol. The van der Waals surface area contributed by atoms with Crippen LogP contribution in [0.1, 0.15) is 85.7 Å². The van der Waals surface area contributed by atoms with Crippen molar-refractivity contribution in [3.05, 3.63) is 84.5 Å². The molecule has 242 valence electrons. The molecule has 0 bridgehead atoms. The summed E-state index contributed by atoms with van der Waals surface area (Å²) in [5, 5.41) is 5.92. The SMILES string of the molecule is C=CC(=O)OCCCCOCC(COc1ccc(C(=O)Oc2ccc(C3CCC(CCC)CC3)cc2C=[NH2+])cc1)OC(=O)C=C. The summed E-state index contributed by atoms with van der Waals surface area (Å²) in [5.41, 5.74) is 2.27. The quantitative estimate of drug-likeness (QED) is 0.0751. The van der Waals surface area contributed by atoms with Gasteiger partial charge in [0, 0.05) is 18.8 Å². The number of nitrogens with two attached hydrogens (primary N) is 1. The average Bonchev–Trinajstić information content (AvgIpc) is 3.07. The first-order valence-corrected chi connectivity index (χ1v) is 15.7. The van der Waals surface area contributed by atoms with Gasteiger partial charge in [-0.3, -0.25) is 5.41 Å². The smallest absolute Gasteiger partial charge is 0.343 e. The first kappa shape index (κ1) is 35.2. The monoisotopic (exact) mass is 620 g/mol. The Balaban J connectivity index is 1.49. The Morgan fingerprint density at radius 3 is 2.31 bits per heavy atom. The molecular weight excluding hydrogens is 574 g/mol. The molecular formula is C36H46NO8+. The van der Waals surface area contributed by atoms with Crippen molar-refractivity contribution in [3.63, 3.8) is 0 Å². The van der Waals surface area contributed by atoms with Crippen molar-refractivity contribution >= 4 is 24.1 Å². The lowest BCUT2D eigenvalue weighted by molar-refractivity contribution is -0.148. The fourth-order valence-electron chi connectivity index (χ4n) is 5.35. The van der Waals surface area contributed by atoms with Crippen molar-refractivity contribution in [1.82, 2.24) is 0 Å². The van der Waals surface area contributed by atoms with Crippen LogP contribution in [0.2, 0.25) is 0 Å². The van der Waals surface area contributed by atoms with Crippen LogP contribution in [0.4, 0.5) is 0 Å². The third-order valence-electron chi connectivity index (χ3n) is 7.80. The summed E-state index contributed by atoms with van der Waals surface area (Å²) in [5.74, 6) is 0.652. The van der Waals surface area contributed by atoms with Crippen molar-refractivity contribution < 1.29 is 43.5 Å². The van der Waals surface area contributed by atoms with Crippen LogP contribution in [0.25, 0.3) is 0 Å². The van der Waals surface area contributed by atoms with E-state index in [4.69, 9.17) is 29.1 Å². The van der Waals surface area contributed by atoms with Gasteiger partial charge in [0.05, 0.1) is 24.3 Å². The predicted octanol–water partition coefficient (Wildman–Crippen LogP) is 5.16. The molecule has 1 fully saturated rings. The molecule has 0 aliphatic heterocycles.